The molecule has 8 heteroatoms. The van der Waals surface area contributed by atoms with Gasteiger partial charge in [0.25, 0.3) is 5.91 Å². The topological polar surface area (TPSA) is 86.7 Å². The van der Waals surface area contributed by atoms with Crippen molar-refractivity contribution in [3.05, 3.63) is 24.0 Å². The second-order valence-corrected chi connectivity index (χ2v) is 6.97. The van der Waals surface area contributed by atoms with Gasteiger partial charge in [0.05, 0.1) is 29.9 Å². The van der Waals surface area contributed by atoms with Crippen LogP contribution in [0.3, 0.4) is 0 Å². The molecule has 0 saturated carbocycles. The SMILES string of the molecule is CN(C)C(=O)CN1CCC2(CCN(C(=O)c3ccnnc3)CC2)C1=O. The van der Waals surface area contributed by atoms with Crippen LogP contribution in [0.4, 0.5) is 0 Å². The van der Waals surface area contributed by atoms with Crippen LogP contribution in [0.5, 0.6) is 0 Å². The van der Waals surface area contributed by atoms with Crippen LogP contribution in [-0.2, 0) is 9.59 Å². The molecule has 1 aromatic heterocycles. The first-order chi connectivity index (χ1) is 11.9. The Balaban J connectivity index is 1.61. The van der Waals surface area contributed by atoms with Gasteiger partial charge in [-0.05, 0) is 25.3 Å². The Bertz CT molecular complexity index is 668. The van der Waals surface area contributed by atoms with Crippen LogP contribution in [0.25, 0.3) is 0 Å². The molecule has 0 atom stereocenters. The van der Waals surface area contributed by atoms with Gasteiger partial charge in [-0.1, -0.05) is 0 Å². The van der Waals surface area contributed by atoms with E-state index in [9.17, 15) is 14.4 Å². The highest BCUT2D eigenvalue weighted by Gasteiger charge is 2.48. The van der Waals surface area contributed by atoms with E-state index in [4.69, 9.17) is 0 Å². The van der Waals surface area contributed by atoms with Crippen molar-refractivity contribution in [2.75, 3.05) is 40.3 Å². The molecule has 25 heavy (non-hydrogen) atoms. The molecule has 0 aliphatic carbocycles. The quantitative estimate of drug-likeness (QED) is 0.771. The number of nitrogens with zero attached hydrogens (tertiary/aromatic N) is 5. The number of piperidine rings is 1. The lowest BCUT2D eigenvalue weighted by Crippen LogP contribution is -2.47. The van der Waals surface area contributed by atoms with Crippen molar-refractivity contribution in [3.63, 3.8) is 0 Å². The van der Waals surface area contributed by atoms with Gasteiger partial charge in [0, 0.05) is 33.7 Å². The average Bonchev–Trinajstić information content (AvgIpc) is 2.92. The lowest BCUT2D eigenvalue weighted by Gasteiger charge is -2.38. The number of carbonyl (C=O) groups excluding carboxylic acids is 3. The molecule has 0 radical (unpaired) electrons. The Kier molecular flexibility index (Phi) is 4.69. The lowest BCUT2D eigenvalue weighted by atomic mass is 9.77. The predicted molar refractivity (Wildman–Crippen MR) is 89.5 cm³/mol. The van der Waals surface area contributed by atoms with E-state index in [0.29, 0.717) is 38.0 Å². The highest BCUT2D eigenvalue weighted by Crippen LogP contribution is 2.41. The zero-order chi connectivity index (χ0) is 18.0. The van der Waals surface area contributed by atoms with Crippen molar-refractivity contribution in [2.45, 2.75) is 19.3 Å². The van der Waals surface area contributed by atoms with Crippen LogP contribution in [0.2, 0.25) is 0 Å². The van der Waals surface area contributed by atoms with E-state index in [0.717, 1.165) is 6.42 Å². The third-order valence-electron chi connectivity index (χ3n) is 5.27. The van der Waals surface area contributed by atoms with Gasteiger partial charge < -0.3 is 14.7 Å². The molecule has 2 fully saturated rings. The number of rotatable bonds is 3. The van der Waals surface area contributed by atoms with Gasteiger partial charge in [-0.2, -0.15) is 10.2 Å². The van der Waals surface area contributed by atoms with Gasteiger partial charge in [0.2, 0.25) is 11.8 Å². The summed E-state index contributed by atoms with van der Waals surface area (Å²) in [7, 11) is 3.38. The zero-order valence-electron chi connectivity index (χ0n) is 14.6. The van der Waals surface area contributed by atoms with Gasteiger partial charge in [-0.3, -0.25) is 14.4 Å². The Labute approximate surface area is 146 Å². The van der Waals surface area contributed by atoms with Crippen molar-refractivity contribution >= 4 is 17.7 Å². The molecule has 134 valence electrons. The predicted octanol–water partition coefficient (Wildman–Crippen LogP) is 0.0195. The summed E-state index contributed by atoms with van der Waals surface area (Å²) >= 11 is 0. The van der Waals surface area contributed by atoms with Crippen molar-refractivity contribution in [3.8, 4) is 0 Å². The molecular weight excluding hydrogens is 322 g/mol. The molecule has 3 rings (SSSR count). The van der Waals surface area contributed by atoms with Crippen molar-refractivity contribution in [2.24, 2.45) is 5.41 Å². The average molecular weight is 345 g/mol. The third kappa shape index (κ3) is 3.33. The van der Waals surface area contributed by atoms with Gasteiger partial charge in [0.15, 0.2) is 0 Å². The standard InChI is InChI=1S/C17H23N5O3/c1-20(2)14(23)12-22-10-6-17(16(22)25)4-8-21(9-5-17)15(24)13-3-7-18-19-11-13/h3,7,11H,4-6,8-10,12H2,1-2H3. The lowest BCUT2D eigenvalue weighted by molar-refractivity contribution is -0.142. The minimum Gasteiger partial charge on any atom is -0.347 e. The molecule has 2 aliphatic heterocycles. The second kappa shape index (κ2) is 6.78. The molecule has 2 saturated heterocycles. The first kappa shape index (κ1) is 17.3. The summed E-state index contributed by atoms with van der Waals surface area (Å²) in [5.74, 6) is -0.0848. The maximum absolute atomic E-state index is 12.8. The Morgan fingerprint density at radius 1 is 1.16 bits per heavy atom. The minimum atomic E-state index is -0.417. The molecule has 3 amide bonds. The smallest absolute Gasteiger partial charge is 0.255 e. The number of carbonyl (C=O) groups is 3. The van der Waals surface area contributed by atoms with E-state index in [-0.39, 0.29) is 24.3 Å². The number of likely N-dealkylation sites (tertiary alicyclic amines) is 2. The summed E-state index contributed by atoms with van der Waals surface area (Å²) in [5.41, 5.74) is 0.0989. The fraction of sp³-hybridized carbons (Fsp3) is 0.588. The van der Waals surface area contributed by atoms with Gasteiger partial charge in [-0.15, -0.1) is 0 Å². The monoisotopic (exact) mass is 345 g/mol. The Morgan fingerprint density at radius 3 is 2.44 bits per heavy atom. The number of amides is 3. The van der Waals surface area contributed by atoms with Crippen LogP contribution in [0, 0.1) is 5.41 Å². The number of hydrogen-bond donors (Lipinski definition) is 0. The fourth-order valence-electron chi connectivity index (χ4n) is 3.55. The summed E-state index contributed by atoms with van der Waals surface area (Å²) in [5, 5.41) is 7.42. The largest absolute Gasteiger partial charge is 0.347 e. The summed E-state index contributed by atoms with van der Waals surface area (Å²) in [6.45, 7) is 1.84. The molecule has 1 spiro atoms. The van der Waals surface area contributed by atoms with E-state index >= 15 is 0 Å². The first-order valence-electron chi connectivity index (χ1n) is 8.48. The number of aromatic nitrogens is 2. The molecule has 0 bridgehead atoms. The number of hydrogen-bond acceptors (Lipinski definition) is 5. The van der Waals surface area contributed by atoms with E-state index in [1.807, 2.05) is 0 Å². The summed E-state index contributed by atoms with van der Waals surface area (Å²) in [6.07, 6.45) is 5.00. The molecule has 2 aliphatic rings. The van der Waals surface area contributed by atoms with E-state index in [2.05, 4.69) is 10.2 Å². The van der Waals surface area contributed by atoms with Crippen LogP contribution in [0.1, 0.15) is 29.6 Å². The van der Waals surface area contributed by atoms with Crippen molar-refractivity contribution in [1.29, 1.82) is 0 Å². The molecule has 0 unspecified atom stereocenters. The molecular formula is C17H23N5O3. The van der Waals surface area contributed by atoms with Crippen molar-refractivity contribution < 1.29 is 14.4 Å². The Morgan fingerprint density at radius 2 is 1.84 bits per heavy atom. The number of likely N-dealkylation sites (N-methyl/N-ethyl adjacent to an activating group) is 1. The molecule has 0 N–H and O–H groups in total. The van der Waals surface area contributed by atoms with Crippen LogP contribution >= 0.6 is 0 Å². The van der Waals surface area contributed by atoms with Crippen LogP contribution in [-0.4, -0.2) is 82.9 Å². The van der Waals surface area contributed by atoms with Crippen LogP contribution < -0.4 is 0 Å². The molecule has 8 nitrogen and oxygen atoms in total. The van der Waals surface area contributed by atoms with Gasteiger partial charge in [-0.25, -0.2) is 0 Å². The van der Waals surface area contributed by atoms with Crippen LogP contribution in [0.15, 0.2) is 18.5 Å². The Hall–Kier alpha value is -2.51. The molecule has 3 heterocycles. The van der Waals surface area contributed by atoms with E-state index in [1.54, 1.807) is 30.0 Å². The van der Waals surface area contributed by atoms with Gasteiger partial charge in [0.1, 0.15) is 0 Å². The van der Waals surface area contributed by atoms with E-state index in [1.165, 1.54) is 17.3 Å². The van der Waals surface area contributed by atoms with Crippen molar-refractivity contribution in [1.82, 2.24) is 24.9 Å². The van der Waals surface area contributed by atoms with E-state index < -0.39 is 5.41 Å². The van der Waals surface area contributed by atoms with Gasteiger partial charge >= 0.3 is 0 Å². The fourth-order valence-corrected chi connectivity index (χ4v) is 3.55. The maximum atomic E-state index is 12.8. The third-order valence-corrected chi connectivity index (χ3v) is 5.27. The normalized spacial score (nSPS) is 19.4. The zero-order valence-corrected chi connectivity index (χ0v) is 14.6. The molecule has 0 aromatic carbocycles. The first-order valence-corrected chi connectivity index (χ1v) is 8.48. The minimum absolute atomic E-state index is 0.0559. The molecule has 1 aromatic rings. The second-order valence-electron chi connectivity index (χ2n) is 6.97. The summed E-state index contributed by atoms with van der Waals surface area (Å²) in [4.78, 5) is 42.1. The summed E-state index contributed by atoms with van der Waals surface area (Å²) < 4.78 is 0. The summed E-state index contributed by atoms with van der Waals surface area (Å²) in [6, 6.07) is 1.65. The maximum Gasteiger partial charge on any atom is 0.255 e. The highest BCUT2D eigenvalue weighted by atomic mass is 16.2. The highest BCUT2D eigenvalue weighted by molar-refractivity contribution is 5.94.